The molecule has 1 atom stereocenters. The summed E-state index contributed by atoms with van der Waals surface area (Å²) >= 11 is 0. The average molecular weight is 475 g/mol. The fraction of sp³-hybridized carbons (Fsp3) is 0.286. The number of halogens is 2. The molecule has 4 aliphatic rings. The van der Waals surface area contributed by atoms with Crippen molar-refractivity contribution in [2.24, 2.45) is 5.41 Å². The number of benzene rings is 3. The monoisotopic (exact) mass is 475 g/mol. The maximum absolute atomic E-state index is 14.3. The third-order valence-electron chi connectivity index (χ3n) is 8.04. The molecule has 1 amide bonds. The molecule has 0 saturated heterocycles. The second-order valence-corrected chi connectivity index (χ2v) is 10.0. The lowest BCUT2D eigenvalue weighted by Crippen LogP contribution is -2.73. The van der Waals surface area contributed by atoms with Crippen molar-refractivity contribution < 1.29 is 28.2 Å². The van der Waals surface area contributed by atoms with Gasteiger partial charge in [-0.2, -0.15) is 0 Å². The molecule has 4 aliphatic carbocycles. The van der Waals surface area contributed by atoms with E-state index in [0.717, 1.165) is 34.4 Å². The summed E-state index contributed by atoms with van der Waals surface area (Å²) in [6.07, 6.45) is 0.332. The zero-order chi connectivity index (χ0) is 24.4. The number of hydrogen-bond donors (Lipinski definition) is 2. The Labute approximate surface area is 200 Å². The van der Waals surface area contributed by atoms with Gasteiger partial charge in [0, 0.05) is 16.7 Å². The molecule has 3 fully saturated rings. The van der Waals surface area contributed by atoms with E-state index in [0.29, 0.717) is 19.3 Å². The maximum Gasteiger partial charge on any atom is 0.407 e. The number of carbonyl (C=O) groups is 2. The molecule has 0 heterocycles. The van der Waals surface area contributed by atoms with Crippen LogP contribution in [0.15, 0.2) is 66.7 Å². The lowest BCUT2D eigenvalue weighted by Gasteiger charge is -2.72. The highest BCUT2D eigenvalue weighted by molar-refractivity contribution is 5.82. The molecular formula is C28H23F2NO4. The van der Waals surface area contributed by atoms with Gasteiger partial charge < -0.3 is 15.2 Å². The Hall–Kier alpha value is -3.74. The number of alkyl carbamates (subject to hydrolysis) is 1. The average Bonchev–Trinajstić information content (AvgIpc) is 3.11. The molecule has 0 aromatic heterocycles. The molecule has 178 valence electrons. The van der Waals surface area contributed by atoms with E-state index >= 15 is 0 Å². The third-order valence-corrected chi connectivity index (χ3v) is 8.04. The first-order valence-electron chi connectivity index (χ1n) is 11.6. The summed E-state index contributed by atoms with van der Waals surface area (Å²) in [6.45, 7) is 0.0810. The molecule has 3 saturated carbocycles. The predicted octanol–water partition coefficient (Wildman–Crippen LogP) is 5.38. The predicted molar refractivity (Wildman–Crippen MR) is 124 cm³/mol. The van der Waals surface area contributed by atoms with Gasteiger partial charge in [-0.05, 0) is 65.3 Å². The number of ether oxygens (including phenoxy) is 1. The number of carboxylic acid groups (broad SMARTS) is 1. The summed E-state index contributed by atoms with van der Waals surface area (Å²) in [5.74, 6) is -2.31. The fourth-order valence-corrected chi connectivity index (χ4v) is 6.60. The maximum atomic E-state index is 14.3. The highest BCUT2D eigenvalue weighted by Crippen LogP contribution is 2.75. The summed E-state index contributed by atoms with van der Waals surface area (Å²) in [5, 5.41) is 12.4. The Morgan fingerprint density at radius 2 is 1.57 bits per heavy atom. The van der Waals surface area contributed by atoms with Crippen LogP contribution in [0.1, 0.15) is 41.9 Å². The Balaban J connectivity index is 1.13. The van der Waals surface area contributed by atoms with Gasteiger partial charge in [0.05, 0.1) is 0 Å². The van der Waals surface area contributed by atoms with Crippen LogP contribution in [0.25, 0.3) is 11.1 Å². The highest BCUT2D eigenvalue weighted by Gasteiger charge is 2.73. The quantitative estimate of drug-likeness (QED) is 0.502. The minimum atomic E-state index is -1.16. The molecule has 1 unspecified atom stereocenters. The Kier molecular flexibility index (Phi) is 4.75. The molecule has 5 nitrogen and oxygen atoms in total. The van der Waals surface area contributed by atoms with Crippen molar-refractivity contribution in [2.45, 2.75) is 36.6 Å². The smallest absolute Gasteiger partial charge is 0.407 e. The summed E-state index contributed by atoms with van der Waals surface area (Å²) in [4.78, 5) is 24.7. The van der Waals surface area contributed by atoms with Gasteiger partial charge in [0.15, 0.2) is 0 Å². The van der Waals surface area contributed by atoms with Crippen molar-refractivity contribution in [3.63, 3.8) is 0 Å². The van der Waals surface area contributed by atoms with Crippen molar-refractivity contribution in [2.75, 3.05) is 6.61 Å². The summed E-state index contributed by atoms with van der Waals surface area (Å²) in [5.41, 5.74) is 3.36. The van der Waals surface area contributed by atoms with E-state index in [-0.39, 0.29) is 18.1 Å². The van der Waals surface area contributed by atoms with Crippen molar-refractivity contribution in [1.29, 1.82) is 0 Å². The molecule has 2 N–H and O–H groups in total. The first-order chi connectivity index (χ1) is 16.8. The first kappa shape index (κ1) is 21.8. The molecule has 3 aromatic carbocycles. The van der Waals surface area contributed by atoms with E-state index in [1.165, 1.54) is 6.07 Å². The normalized spacial score (nSPS) is 24.4. The van der Waals surface area contributed by atoms with Crippen LogP contribution >= 0.6 is 0 Å². The molecule has 7 heteroatoms. The van der Waals surface area contributed by atoms with E-state index in [1.54, 1.807) is 0 Å². The summed E-state index contributed by atoms with van der Waals surface area (Å²) in [7, 11) is 0. The van der Waals surface area contributed by atoms with Crippen LogP contribution in [0.5, 0.6) is 0 Å². The van der Waals surface area contributed by atoms with Crippen LogP contribution < -0.4 is 5.32 Å². The van der Waals surface area contributed by atoms with E-state index < -0.39 is 40.6 Å². The van der Waals surface area contributed by atoms with Crippen molar-refractivity contribution in [3.8, 4) is 11.1 Å². The van der Waals surface area contributed by atoms with Crippen molar-refractivity contribution in [1.82, 2.24) is 5.32 Å². The van der Waals surface area contributed by atoms with Crippen LogP contribution in [0.3, 0.4) is 0 Å². The Morgan fingerprint density at radius 1 is 0.971 bits per heavy atom. The summed E-state index contributed by atoms with van der Waals surface area (Å²) < 4.78 is 33.5. The molecule has 3 aromatic rings. The summed E-state index contributed by atoms with van der Waals surface area (Å²) in [6, 6.07) is 18.1. The lowest BCUT2D eigenvalue weighted by molar-refractivity contribution is -0.183. The van der Waals surface area contributed by atoms with Gasteiger partial charge in [0.2, 0.25) is 0 Å². The fourth-order valence-electron chi connectivity index (χ4n) is 6.60. The molecule has 2 bridgehead atoms. The zero-order valence-electron chi connectivity index (χ0n) is 18.8. The SMILES string of the molecule is O=C(NC(C(=O)O)C12CC(c3cc(F)ccc3F)(C1)C2)OCC1c2ccccc2-c2ccccc21. The number of carboxylic acids is 1. The number of rotatable bonds is 6. The molecular weight excluding hydrogens is 452 g/mol. The van der Waals surface area contributed by atoms with Gasteiger partial charge in [0.1, 0.15) is 24.3 Å². The Morgan fingerprint density at radius 3 is 2.17 bits per heavy atom. The number of amides is 1. The minimum Gasteiger partial charge on any atom is -0.480 e. The first-order valence-corrected chi connectivity index (χ1v) is 11.6. The lowest BCUT2D eigenvalue weighted by atomic mass is 9.31. The van der Waals surface area contributed by atoms with E-state index in [1.807, 2.05) is 48.5 Å². The van der Waals surface area contributed by atoms with Crippen LogP contribution in [0.2, 0.25) is 0 Å². The van der Waals surface area contributed by atoms with Crippen molar-refractivity contribution in [3.05, 3.63) is 95.1 Å². The van der Waals surface area contributed by atoms with Crippen molar-refractivity contribution >= 4 is 12.1 Å². The second-order valence-electron chi connectivity index (χ2n) is 10.0. The minimum absolute atomic E-state index is 0.0810. The molecule has 0 aliphatic heterocycles. The van der Waals surface area contributed by atoms with Gasteiger partial charge >= 0.3 is 12.1 Å². The van der Waals surface area contributed by atoms with Crippen LogP contribution in [-0.2, 0) is 14.9 Å². The largest absolute Gasteiger partial charge is 0.480 e. The number of aliphatic carboxylic acids is 1. The highest BCUT2D eigenvalue weighted by atomic mass is 19.1. The van der Waals surface area contributed by atoms with E-state index in [9.17, 15) is 23.5 Å². The molecule has 0 radical (unpaired) electrons. The van der Waals surface area contributed by atoms with Crippen LogP contribution in [-0.4, -0.2) is 29.8 Å². The Bertz CT molecular complexity index is 1310. The molecule has 35 heavy (non-hydrogen) atoms. The van der Waals surface area contributed by atoms with E-state index in [4.69, 9.17) is 4.74 Å². The number of hydrogen-bond acceptors (Lipinski definition) is 3. The van der Waals surface area contributed by atoms with Crippen LogP contribution in [0, 0.1) is 17.0 Å². The number of nitrogens with one attached hydrogen (secondary N) is 1. The molecule has 7 rings (SSSR count). The second kappa shape index (κ2) is 7.63. The topological polar surface area (TPSA) is 75.6 Å². The van der Waals surface area contributed by atoms with E-state index in [2.05, 4.69) is 5.32 Å². The van der Waals surface area contributed by atoms with Gasteiger partial charge in [0.25, 0.3) is 0 Å². The van der Waals surface area contributed by atoms with Gasteiger partial charge in [-0.25, -0.2) is 18.4 Å². The van der Waals surface area contributed by atoms with Gasteiger partial charge in [-0.1, -0.05) is 48.5 Å². The van der Waals surface area contributed by atoms with Crippen LogP contribution in [0.4, 0.5) is 13.6 Å². The van der Waals surface area contributed by atoms with Gasteiger partial charge in [-0.15, -0.1) is 0 Å². The zero-order valence-corrected chi connectivity index (χ0v) is 18.8. The number of carbonyl (C=O) groups excluding carboxylic acids is 1. The molecule has 0 spiro atoms. The standard InChI is InChI=1S/C28H23F2NO4/c29-16-9-10-23(30)22(11-16)27-13-28(14-27,15-27)24(25(32)33)31-26(34)35-12-21-19-7-3-1-5-17(19)18-6-2-4-8-20(18)21/h1-11,21,24H,12-15H2,(H,31,34)(H,32,33). The van der Waals surface area contributed by atoms with Gasteiger partial charge in [-0.3, -0.25) is 0 Å². The number of fused-ring (bicyclic) bond motifs is 3. The third kappa shape index (κ3) is 3.25.